The van der Waals surface area contributed by atoms with Gasteiger partial charge in [-0.05, 0) is 61.8 Å². The Balaban J connectivity index is 1.18. The van der Waals surface area contributed by atoms with E-state index in [1.165, 1.54) is 38.5 Å². The normalized spacial score (nSPS) is 31.2. The highest BCUT2D eigenvalue weighted by atomic mass is 32.1. The summed E-state index contributed by atoms with van der Waals surface area (Å²) in [6.45, 7) is 0.462. The summed E-state index contributed by atoms with van der Waals surface area (Å²) >= 11 is 1.57. The van der Waals surface area contributed by atoms with Gasteiger partial charge in [0, 0.05) is 5.41 Å². The molecular formula is C21H25N3O2S. The van der Waals surface area contributed by atoms with E-state index in [0.717, 1.165) is 28.3 Å². The Kier molecular flexibility index (Phi) is 4.48. The smallest absolute Gasteiger partial charge is 0.252 e. The highest BCUT2D eigenvalue weighted by Crippen LogP contribution is 2.61. The van der Waals surface area contributed by atoms with Crippen LogP contribution in [-0.4, -0.2) is 22.7 Å². The Bertz CT molecular complexity index is 785. The molecule has 1 heterocycles. The monoisotopic (exact) mass is 383 g/mol. The minimum absolute atomic E-state index is 0.0289. The summed E-state index contributed by atoms with van der Waals surface area (Å²) in [7, 11) is 0. The predicted octanol–water partition coefficient (Wildman–Crippen LogP) is 4.16. The number of amides is 1. The summed E-state index contributed by atoms with van der Waals surface area (Å²) in [5.74, 6) is 2.47. The number of anilines is 1. The van der Waals surface area contributed by atoms with E-state index < -0.39 is 0 Å². The van der Waals surface area contributed by atoms with Gasteiger partial charge in [-0.1, -0.05) is 41.7 Å². The molecule has 6 heteroatoms. The Morgan fingerprint density at radius 1 is 1.07 bits per heavy atom. The number of ether oxygens (including phenoxy) is 1. The van der Waals surface area contributed by atoms with Gasteiger partial charge in [-0.3, -0.25) is 10.1 Å². The Morgan fingerprint density at radius 2 is 1.74 bits per heavy atom. The average Bonchev–Trinajstić information content (AvgIpc) is 3.11. The molecule has 0 atom stereocenters. The predicted molar refractivity (Wildman–Crippen MR) is 104 cm³/mol. The molecule has 0 saturated heterocycles. The number of rotatable bonds is 6. The topological polar surface area (TPSA) is 64.1 Å². The fraction of sp³-hybridized carbons (Fsp3) is 0.571. The number of hydrogen-bond acceptors (Lipinski definition) is 5. The van der Waals surface area contributed by atoms with E-state index in [9.17, 15) is 4.79 Å². The lowest BCUT2D eigenvalue weighted by Crippen LogP contribution is -2.48. The summed E-state index contributed by atoms with van der Waals surface area (Å²) in [6.07, 6.45) is 8.05. The van der Waals surface area contributed by atoms with Crippen molar-refractivity contribution >= 4 is 22.4 Å². The van der Waals surface area contributed by atoms with Gasteiger partial charge in [-0.2, -0.15) is 0 Å². The van der Waals surface area contributed by atoms with Crippen molar-refractivity contribution in [2.24, 2.45) is 17.8 Å². The van der Waals surface area contributed by atoms with E-state index in [4.69, 9.17) is 4.74 Å². The molecule has 5 nitrogen and oxygen atoms in total. The van der Waals surface area contributed by atoms with Gasteiger partial charge >= 0.3 is 0 Å². The second kappa shape index (κ2) is 6.99. The Labute approximate surface area is 163 Å². The van der Waals surface area contributed by atoms with Gasteiger partial charge in [0.2, 0.25) is 5.13 Å². The fourth-order valence-corrected chi connectivity index (χ4v) is 6.83. The molecule has 2 aromatic rings. The lowest BCUT2D eigenvalue weighted by Gasteiger charge is -2.55. The maximum atomic E-state index is 12.2. The van der Waals surface area contributed by atoms with Crippen molar-refractivity contribution < 1.29 is 9.53 Å². The molecule has 6 rings (SSSR count). The van der Waals surface area contributed by atoms with Gasteiger partial charge in [0.1, 0.15) is 11.6 Å². The second-order valence-corrected chi connectivity index (χ2v) is 9.61. The van der Waals surface area contributed by atoms with Crippen LogP contribution in [0.1, 0.15) is 49.1 Å². The molecule has 4 aliphatic carbocycles. The average molecular weight is 384 g/mol. The molecule has 142 valence electrons. The quantitative estimate of drug-likeness (QED) is 0.813. The van der Waals surface area contributed by atoms with Crippen LogP contribution in [0.2, 0.25) is 0 Å². The number of nitrogens with zero attached hydrogens (tertiary/aromatic N) is 2. The standard InChI is InChI=1S/C21H25N3O2S/c25-18(13-26-12-14-4-2-1-3-5-14)22-20-24-23-19(27-20)21-9-15-6-16(10-21)8-17(7-15)11-21/h1-5,15-17H,6-13H2,(H,22,24,25). The highest BCUT2D eigenvalue weighted by molar-refractivity contribution is 7.15. The first-order valence-corrected chi connectivity index (χ1v) is 10.8. The molecular weight excluding hydrogens is 358 g/mol. The number of hydrogen-bond donors (Lipinski definition) is 1. The summed E-state index contributed by atoms with van der Waals surface area (Å²) in [6, 6.07) is 9.87. The minimum atomic E-state index is -0.167. The first kappa shape index (κ1) is 17.3. The third-order valence-electron chi connectivity index (χ3n) is 6.51. The molecule has 4 aliphatic rings. The minimum Gasteiger partial charge on any atom is -0.367 e. The van der Waals surface area contributed by atoms with Crippen LogP contribution >= 0.6 is 11.3 Å². The van der Waals surface area contributed by atoms with Crippen molar-refractivity contribution in [1.29, 1.82) is 0 Å². The molecule has 0 radical (unpaired) electrons. The summed E-state index contributed by atoms with van der Waals surface area (Å²) in [5.41, 5.74) is 1.30. The van der Waals surface area contributed by atoms with Crippen LogP contribution in [0.4, 0.5) is 5.13 Å². The fourth-order valence-electron chi connectivity index (χ4n) is 5.85. The van der Waals surface area contributed by atoms with E-state index in [2.05, 4.69) is 15.5 Å². The maximum absolute atomic E-state index is 12.2. The van der Waals surface area contributed by atoms with Crippen LogP contribution < -0.4 is 5.32 Å². The number of nitrogens with one attached hydrogen (secondary N) is 1. The lowest BCUT2D eigenvalue weighted by molar-refractivity contribution is -0.121. The largest absolute Gasteiger partial charge is 0.367 e. The molecule has 1 aromatic carbocycles. The van der Waals surface area contributed by atoms with Crippen LogP contribution in [0.3, 0.4) is 0 Å². The molecule has 4 saturated carbocycles. The van der Waals surface area contributed by atoms with E-state index in [-0.39, 0.29) is 17.9 Å². The van der Waals surface area contributed by atoms with Crippen LogP contribution in [0.25, 0.3) is 0 Å². The van der Waals surface area contributed by atoms with Crippen LogP contribution in [0.15, 0.2) is 30.3 Å². The summed E-state index contributed by atoms with van der Waals surface area (Å²) in [5, 5.41) is 13.4. The van der Waals surface area contributed by atoms with Crippen molar-refractivity contribution in [2.75, 3.05) is 11.9 Å². The van der Waals surface area contributed by atoms with Gasteiger partial charge in [-0.15, -0.1) is 10.2 Å². The molecule has 4 bridgehead atoms. The molecule has 27 heavy (non-hydrogen) atoms. The van der Waals surface area contributed by atoms with Crippen LogP contribution in [0.5, 0.6) is 0 Å². The number of benzene rings is 1. The van der Waals surface area contributed by atoms with Gasteiger partial charge in [0.25, 0.3) is 5.91 Å². The maximum Gasteiger partial charge on any atom is 0.252 e. The van der Waals surface area contributed by atoms with Gasteiger partial charge in [0.15, 0.2) is 0 Å². The Morgan fingerprint density at radius 3 is 2.41 bits per heavy atom. The van der Waals surface area contributed by atoms with Gasteiger partial charge in [0.05, 0.1) is 6.61 Å². The van der Waals surface area contributed by atoms with E-state index in [1.54, 1.807) is 11.3 Å². The van der Waals surface area contributed by atoms with Crippen molar-refractivity contribution in [3.05, 3.63) is 40.9 Å². The third-order valence-corrected chi connectivity index (χ3v) is 7.59. The van der Waals surface area contributed by atoms with Crippen molar-refractivity contribution in [3.8, 4) is 0 Å². The number of aromatic nitrogens is 2. The van der Waals surface area contributed by atoms with E-state index in [1.807, 2.05) is 30.3 Å². The Hall–Kier alpha value is -1.79. The van der Waals surface area contributed by atoms with Gasteiger partial charge < -0.3 is 4.74 Å². The third kappa shape index (κ3) is 3.52. The first-order valence-electron chi connectivity index (χ1n) is 9.94. The second-order valence-electron chi connectivity index (χ2n) is 8.64. The first-order chi connectivity index (χ1) is 13.2. The molecule has 1 N–H and O–H groups in total. The van der Waals surface area contributed by atoms with Gasteiger partial charge in [-0.25, -0.2) is 0 Å². The van der Waals surface area contributed by atoms with Crippen molar-refractivity contribution in [3.63, 3.8) is 0 Å². The summed E-state index contributed by atoms with van der Waals surface area (Å²) < 4.78 is 5.51. The van der Waals surface area contributed by atoms with E-state index >= 15 is 0 Å². The zero-order valence-corrected chi connectivity index (χ0v) is 16.2. The molecule has 4 fully saturated rings. The molecule has 0 unspecified atom stereocenters. The van der Waals surface area contributed by atoms with Crippen LogP contribution in [0, 0.1) is 17.8 Å². The van der Waals surface area contributed by atoms with Crippen molar-refractivity contribution in [1.82, 2.24) is 10.2 Å². The molecule has 0 spiro atoms. The zero-order chi connectivity index (χ0) is 18.3. The molecule has 1 aromatic heterocycles. The van der Waals surface area contributed by atoms with Crippen LogP contribution in [-0.2, 0) is 21.6 Å². The highest BCUT2D eigenvalue weighted by Gasteiger charge is 2.53. The SMILES string of the molecule is O=C(COCc1ccccc1)Nc1nnc(C23CC4CC(CC(C4)C2)C3)s1. The molecule has 1 amide bonds. The lowest BCUT2D eigenvalue weighted by atomic mass is 9.50. The number of carbonyl (C=O) groups excluding carboxylic acids is 1. The zero-order valence-electron chi connectivity index (χ0n) is 15.4. The van der Waals surface area contributed by atoms with Crippen molar-refractivity contribution in [2.45, 2.75) is 50.5 Å². The molecule has 0 aliphatic heterocycles. The number of carbonyl (C=O) groups is 1. The van der Waals surface area contributed by atoms with E-state index in [0.29, 0.717) is 11.7 Å². The summed E-state index contributed by atoms with van der Waals surface area (Å²) in [4.78, 5) is 12.2.